The molecule has 1 aliphatic rings. The predicted molar refractivity (Wildman–Crippen MR) is 108 cm³/mol. The highest BCUT2D eigenvalue weighted by Crippen LogP contribution is 2.35. The highest BCUT2D eigenvalue weighted by atomic mass is 32.2. The zero-order valence-corrected chi connectivity index (χ0v) is 16.1. The molecule has 1 aromatic carbocycles. The van der Waals surface area contributed by atoms with Gasteiger partial charge < -0.3 is 15.0 Å². The molecule has 2 heterocycles. The van der Waals surface area contributed by atoms with E-state index in [1.165, 1.54) is 11.8 Å². The van der Waals surface area contributed by atoms with Crippen LogP contribution in [-0.4, -0.2) is 28.2 Å². The van der Waals surface area contributed by atoms with Gasteiger partial charge in [-0.3, -0.25) is 9.59 Å². The number of aromatic nitrogens is 2. The van der Waals surface area contributed by atoms with Crippen molar-refractivity contribution in [3.05, 3.63) is 58.4 Å². The van der Waals surface area contributed by atoms with Crippen LogP contribution in [0.2, 0.25) is 0 Å². The van der Waals surface area contributed by atoms with Crippen LogP contribution in [0, 0.1) is 0 Å². The van der Waals surface area contributed by atoms with Gasteiger partial charge in [-0.15, -0.1) is 6.58 Å². The number of H-pyrrole nitrogens is 1. The molecule has 1 aromatic heterocycles. The summed E-state index contributed by atoms with van der Waals surface area (Å²) in [6.45, 7) is 6.46. The fourth-order valence-corrected chi connectivity index (χ4v) is 3.57. The molecular weight excluding hydrogens is 362 g/mol. The number of hydrogen-bond acceptors (Lipinski definition) is 5. The molecule has 0 spiro atoms. The number of nitrogens with zero attached hydrogens (tertiary/aromatic N) is 1. The summed E-state index contributed by atoms with van der Waals surface area (Å²) < 4.78 is 5.69. The van der Waals surface area contributed by atoms with Gasteiger partial charge in [0.05, 0.1) is 12.2 Å². The second-order valence-electron chi connectivity index (χ2n) is 6.31. The summed E-state index contributed by atoms with van der Waals surface area (Å²) in [4.78, 5) is 32.1. The first-order valence-electron chi connectivity index (χ1n) is 9.03. The Morgan fingerprint density at radius 1 is 1.33 bits per heavy atom. The lowest BCUT2D eigenvalue weighted by Gasteiger charge is -2.24. The van der Waals surface area contributed by atoms with Gasteiger partial charge in [-0.05, 0) is 24.1 Å². The summed E-state index contributed by atoms with van der Waals surface area (Å²) in [5.41, 5.74) is 1.17. The van der Waals surface area contributed by atoms with E-state index in [1.807, 2.05) is 24.3 Å². The molecule has 1 unspecified atom stereocenters. The number of nitrogens with one attached hydrogen (secondary N) is 2. The van der Waals surface area contributed by atoms with E-state index in [4.69, 9.17) is 4.74 Å². The second kappa shape index (κ2) is 8.90. The molecule has 3 rings (SSSR count). The molecule has 0 saturated heterocycles. The van der Waals surface area contributed by atoms with Crippen LogP contribution in [0.5, 0.6) is 5.75 Å². The molecule has 142 valence electrons. The Morgan fingerprint density at radius 3 is 2.81 bits per heavy atom. The normalized spacial score (nSPS) is 15.7. The van der Waals surface area contributed by atoms with Crippen LogP contribution in [0.1, 0.15) is 43.2 Å². The number of ether oxygens (including phenoxy) is 1. The fourth-order valence-electron chi connectivity index (χ4n) is 2.97. The number of aromatic amines is 1. The number of thioether (sulfide) groups is 1. The third-order valence-corrected chi connectivity index (χ3v) is 5.19. The molecule has 27 heavy (non-hydrogen) atoms. The number of benzene rings is 1. The molecule has 1 amide bonds. The summed E-state index contributed by atoms with van der Waals surface area (Å²) in [5.74, 6) is 1.28. The van der Waals surface area contributed by atoms with E-state index >= 15 is 0 Å². The molecular formula is C20H23N3O3S. The van der Waals surface area contributed by atoms with Crippen LogP contribution >= 0.6 is 11.8 Å². The summed E-state index contributed by atoms with van der Waals surface area (Å²) in [6.07, 6.45) is 4.03. The highest BCUT2D eigenvalue weighted by Gasteiger charge is 2.30. The molecule has 6 nitrogen and oxygen atoms in total. The number of hydrogen-bond donors (Lipinski definition) is 2. The Balaban J connectivity index is 1.88. The molecule has 0 fully saturated rings. The minimum atomic E-state index is -0.326. The predicted octanol–water partition coefficient (Wildman–Crippen LogP) is 3.70. The monoisotopic (exact) mass is 385 g/mol. The van der Waals surface area contributed by atoms with E-state index in [0.717, 1.165) is 24.2 Å². The van der Waals surface area contributed by atoms with Crippen molar-refractivity contribution in [2.75, 3.05) is 17.7 Å². The minimum Gasteiger partial charge on any atom is -0.494 e. The van der Waals surface area contributed by atoms with Gasteiger partial charge in [0, 0.05) is 18.1 Å². The van der Waals surface area contributed by atoms with E-state index in [0.29, 0.717) is 28.9 Å². The number of carbonyl (C=O) groups is 1. The zero-order valence-electron chi connectivity index (χ0n) is 15.3. The number of unbranched alkanes of at least 4 members (excludes halogenated alkanes) is 1. The van der Waals surface area contributed by atoms with E-state index in [-0.39, 0.29) is 23.8 Å². The van der Waals surface area contributed by atoms with E-state index in [1.54, 1.807) is 6.08 Å². The van der Waals surface area contributed by atoms with Crippen LogP contribution in [0.4, 0.5) is 5.82 Å². The molecule has 1 atom stereocenters. The molecule has 2 N–H and O–H groups in total. The Hall–Kier alpha value is -2.54. The maximum Gasteiger partial charge on any atom is 0.257 e. The second-order valence-corrected chi connectivity index (χ2v) is 7.32. The number of anilines is 1. The van der Waals surface area contributed by atoms with Crippen molar-refractivity contribution < 1.29 is 9.53 Å². The summed E-state index contributed by atoms with van der Waals surface area (Å²) >= 11 is 1.36. The molecule has 0 aliphatic carbocycles. The summed E-state index contributed by atoms with van der Waals surface area (Å²) in [7, 11) is 0. The lowest BCUT2D eigenvalue weighted by molar-refractivity contribution is -0.116. The molecule has 0 bridgehead atoms. The van der Waals surface area contributed by atoms with Crippen molar-refractivity contribution in [1.29, 1.82) is 0 Å². The Bertz CT molecular complexity index is 877. The van der Waals surface area contributed by atoms with Crippen LogP contribution in [0.3, 0.4) is 0 Å². The average molecular weight is 385 g/mol. The first-order valence-corrected chi connectivity index (χ1v) is 10.0. The van der Waals surface area contributed by atoms with Gasteiger partial charge in [-0.25, -0.2) is 4.98 Å². The lowest BCUT2D eigenvalue weighted by atomic mass is 9.87. The quantitative estimate of drug-likeness (QED) is 0.313. The van der Waals surface area contributed by atoms with Crippen molar-refractivity contribution in [3.63, 3.8) is 0 Å². The van der Waals surface area contributed by atoms with Crippen molar-refractivity contribution >= 4 is 23.5 Å². The Labute approximate surface area is 162 Å². The maximum absolute atomic E-state index is 12.7. The van der Waals surface area contributed by atoms with Gasteiger partial charge in [0.25, 0.3) is 5.56 Å². The number of carbonyl (C=O) groups excluding carboxylic acids is 1. The van der Waals surface area contributed by atoms with Gasteiger partial charge >= 0.3 is 0 Å². The van der Waals surface area contributed by atoms with E-state index in [9.17, 15) is 9.59 Å². The minimum absolute atomic E-state index is 0.145. The van der Waals surface area contributed by atoms with Crippen molar-refractivity contribution in [2.24, 2.45) is 0 Å². The molecule has 2 aromatic rings. The number of fused-ring (bicyclic) bond motifs is 1. The molecule has 0 radical (unpaired) electrons. The van der Waals surface area contributed by atoms with Crippen LogP contribution in [-0.2, 0) is 4.79 Å². The van der Waals surface area contributed by atoms with Gasteiger partial charge in [0.15, 0.2) is 5.16 Å². The standard InChI is InChI=1S/C20H23N3O3S/c1-3-5-10-26-14-8-6-13(7-9-14)15-12-16(24)21-18-17(15)19(25)23-20(22-18)27-11-4-2/h4,6-9,15H,2-3,5,10-12H2,1H3,(H2,21,22,23,24,25). The van der Waals surface area contributed by atoms with Gasteiger partial charge in [0.1, 0.15) is 11.6 Å². The first-order chi connectivity index (χ1) is 13.1. The lowest BCUT2D eigenvalue weighted by Crippen LogP contribution is -2.31. The summed E-state index contributed by atoms with van der Waals surface area (Å²) in [5, 5.41) is 3.20. The van der Waals surface area contributed by atoms with Crippen LogP contribution in [0.15, 0.2) is 46.9 Å². The van der Waals surface area contributed by atoms with Crippen molar-refractivity contribution in [1.82, 2.24) is 9.97 Å². The van der Waals surface area contributed by atoms with E-state index in [2.05, 4.69) is 28.8 Å². The zero-order chi connectivity index (χ0) is 19.2. The summed E-state index contributed by atoms with van der Waals surface area (Å²) in [6, 6.07) is 7.59. The average Bonchev–Trinajstić information content (AvgIpc) is 2.66. The van der Waals surface area contributed by atoms with Crippen molar-refractivity contribution in [3.8, 4) is 5.75 Å². The van der Waals surface area contributed by atoms with Gasteiger partial charge in [-0.1, -0.05) is 43.3 Å². The third-order valence-electron chi connectivity index (χ3n) is 4.32. The smallest absolute Gasteiger partial charge is 0.257 e. The van der Waals surface area contributed by atoms with Crippen molar-refractivity contribution in [2.45, 2.75) is 37.3 Å². The molecule has 1 aliphatic heterocycles. The molecule has 7 heteroatoms. The first kappa shape index (κ1) is 19.2. The Morgan fingerprint density at radius 2 is 2.11 bits per heavy atom. The number of rotatable bonds is 8. The number of amides is 1. The van der Waals surface area contributed by atoms with Gasteiger partial charge in [-0.2, -0.15) is 0 Å². The van der Waals surface area contributed by atoms with Crippen LogP contribution in [0.25, 0.3) is 0 Å². The largest absolute Gasteiger partial charge is 0.494 e. The van der Waals surface area contributed by atoms with Crippen LogP contribution < -0.4 is 15.6 Å². The Kier molecular flexibility index (Phi) is 6.34. The topological polar surface area (TPSA) is 84.1 Å². The SMILES string of the molecule is C=CCSc1nc2c(c(=O)[nH]1)C(c1ccc(OCCCC)cc1)CC(=O)N2. The molecule has 0 saturated carbocycles. The highest BCUT2D eigenvalue weighted by molar-refractivity contribution is 7.99. The third kappa shape index (κ3) is 4.60. The fraction of sp³-hybridized carbons (Fsp3) is 0.350. The van der Waals surface area contributed by atoms with E-state index < -0.39 is 0 Å². The maximum atomic E-state index is 12.7. The van der Waals surface area contributed by atoms with Gasteiger partial charge in [0.2, 0.25) is 5.91 Å².